The highest BCUT2D eigenvalue weighted by molar-refractivity contribution is 5.55. The Morgan fingerprint density at radius 1 is 1.36 bits per heavy atom. The molecule has 0 aliphatic carbocycles. The summed E-state index contributed by atoms with van der Waals surface area (Å²) in [6.07, 6.45) is -3.67. The smallest absolute Gasteiger partial charge is 0.233 e. The van der Waals surface area contributed by atoms with Crippen LogP contribution in [0.15, 0.2) is 16.5 Å². The second-order valence-corrected chi connectivity index (χ2v) is 1.80. The first-order valence-electron chi connectivity index (χ1n) is 2.82. The van der Waals surface area contributed by atoms with Gasteiger partial charge in [0.1, 0.15) is 0 Å². The highest BCUT2D eigenvalue weighted by Crippen LogP contribution is 2.28. The van der Waals surface area contributed by atoms with Crippen LogP contribution in [0.25, 0.3) is 0 Å². The van der Waals surface area contributed by atoms with Crippen molar-refractivity contribution in [2.24, 2.45) is 4.99 Å². The summed E-state index contributed by atoms with van der Waals surface area (Å²) in [6.45, 7) is 1.98. The quantitative estimate of drug-likeness (QED) is 0.325. The minimum Gasteiger partial charge on any atom is -0.233 e. The van der Waals surface area contributed by atoms with Crippen molar-refractivity contribution in [2.75, 3.05) is 0 Å². The lowest BCUT2D eigenvalue weighted by atomic mass is 10.3. The van der Waals surface area contributed by atoms with E-state index >= 15 is 0 Å². The molecule has 0 rings (SSSR count). The molecular formula is C6H7F4N. The van der Waals surface area contributed by atoms with Crippen molar-refractivity contribution < 1.29 is 17.6 Å². The third-order valence-electron chi connectivity index (χ3n) is 0.977. The van der Waals surface area contributed by atoms with E-state index in [-0.39, 0.29) is 0 Å². The standard InChI is InChI=1S/C6H7F4N/c1-3-11-5(7)4(2)6(8,9)10/h3H,1-2H3. The zero-order valence-corrected chi connectivity index (χ0v) is 6.04. The minimum absolute atomic E-state index is 0.641. The van der Waals surface area contributed by atoms with Crippen LogP contribution in [0.1, 0.15) is 13.8 Å². The van der Waals surface area contributed by atoms with Crippen LogP contribution in [0.3, 0.4) is 0 Å². The second-order valence-electron chi connectivity index (χ2n) is 1.80. The Bertz CT molecular complexity index is 189. The van der Waals surface area contributed by atoms with E-state index in [1.807, 2.05) is 0 Å². The SMILES string of the molecule is CC=NC(F)=C(C)C(F)(F)F. The fourth-order valence-electron chi connectivity index (χ4n) is 0.327. The predicted molar refractivity (Wildman–Crippen MR) is 34.0 cm³/mol. The first-order valence-corrected chi connectivity index (χ1v) is 2.82. The molecule has 0 aliphatic rings. The molecule has 0 amide bonds. The molecule has 5 heteroatoms. The maximum absolute atomic E-state index is 12.3. The Labute approximate surface area is 61.4 Å². The van der Waals surface area contributed by atoms with Crippen molar-refractivity contribution >= 4 is 6.21 Å². The first-order chi connectivity index (χ1) is 4.89. The highest BCUT2D eigenvalue weighted by Gasteiger charge is 2.33. The molecule has 1 nitrogen and oxygen atoms in total. The summed E-state index contributed by atoms with van der Waals surface area (Å²) in [7, 11) is 0. The van der Waals surface area contributed by atoms with E-state index in [0.29, 0.717) is 6.92 Å². The maximum atomic E-state index is 12.3. The average Bonchev–Trinajstić information content (AvgIpc) is 1.85. The molecule has 0 aromatic rings. The Balaban J connectivity index is 4.67. The Morgan fingerprint density at radius 2 is 1.82 bits per heavy atom. The fraction of sp³-hybridized carbons (Fsp3) is 0.500. The fourth-order valence-corrected chi connectivity index (χ4v) is 0.327. The maximum Gasteiger partial charge on any atom is 0.416 e. The molecule has 0 spiro atoms. The van der Waals surface area contributed by atoms with Gasteiger partial charge in [-0.2, -0.15) is 17.6 Å². The number of hydrogen-bond donors (Lipinski definition) is 0. The number of halogens is 4. The van der Waals surface area contributed by atoms with Gasteiger partial charge in [0.2, 0.25) is 5.95 Å². The van der Waals surface area contributed by atoms with Crippen molar-refractivity contribution in [3.05, 3.63) is 11.5 Å². The van der Waals surface area contributed by atoms with Gasteiger partial charge in [-0.1, -0.05) is 0 Å². The molecule has 64 valence electrons. The van der Waals surface area contributed by atoms with Crippen LogP contribution >= 0.6 is 0 Å². The van der Waals surface area contributed by atoms with E-state index in [2.05, 4.69) is 4.99 Å². The molecule has 0 unspecified atom stereocenters. The summed E-state index contributed by atoms with van der Waals surface area (Å²) in [5.74, 6) is -1.49. The van der Waals surface area contributed by atoms with E-state index in [0.717, 1.165) is 6.21 Å². The third-order valence-corrected chi connectivity index (χ3v) is 0.977. The van der Waals surface area contributed by atoms with Crippen LogP contribution < -0.4 is 0 Å². The normalized spacial score (nSPS) is 15.5. The van der Waals surface area contributed by atoms with Crippen LogP contribution in [0, 0.1) is 0 Å². The summed E-state index contributed by atoms with van der Waals surface area (Å²) in [6, 6.07) is 0. The number of rotatable bonds is 1. The van der Waals surface area contributed by atoms with Gasteiger partial charge in [-0.15, -0.1) is 0 Å². The largest absolute Gasteiger partial charge is 0.416 e. The van der Waals surface area contributed by atoms with Crippen LogP contribution in [0.5, 0.6) is 0 Å². The van der Waals surface area contributed by atoms with Gasteiger partial charge in [0.25, 0.3) is 0 Å². The lowest BCUT2D eigenvalue weighted by molar-refractivity contribution is -0.0932. The van der Waals surface area contributed by atoms with E-state index in [1.165, 1.54) is 6.92 Å². The average molecular weight is 169 g/mol. The van der Waals surface area contributed by atoms with E-state index in [9.17, 15) is 17.6 Å². The van der Waals surface area contributed by atoms with Crippen molar-refractivity contribution in [3.63, 3.8) is 0 Å². The zero-order valence-electron chi connectivity index (χ0n) is 6.04. The van der Waals surface area contributed by atoms with Gasteiger partial charge in [-0.25, -0.2) is 4.99 Å². The van der Waals surface area contributed by atoms with Crippen molar-refractivity contribution in [1.82, 2.24) is 0 Å². The molecular weight excluding hydrogens is 162 g/mol. The minimum atomic E-state index is -4.63. The monoisotopic (exact) mass is 169 g/mol. The van der Waals surface area contributed by atoms with Crippen LogP contribution in [0.2, 0.25) is 0 Å². The molecule has 0 fully saturated rings. The van der Waals surface area contributed by atoms with E-state index in [4.69, 9.17) is 0 Å². The van der Waals surface area contributed by atoms with Crippen LogP contribution in [-0.2, 0) is 0 Å². The topological polar surface area (TPSA) is 12.4 Å². The predicted octanol–water partition coefficient (Wildman–Crippen LogP) is 2.84. The molecule has 0 saturated heterocycles. The van der Waals surface area contributed by atoms with Gasteiger partial charge in [-0.05, 0) is 13.8 Å². The zero-order chi connectivity index (χ0) is 9.07. The summed E-state index contributed by atoms with van der Waals surface area (Å²) < 4.78 is 47.2. The summed E-state index contributed by atoms with van der Waals surface area (Å²) in [5, 5.41) is 0. The van der Waals surface area contributed by atoms with Gasteiger partial charge in [0, 0.05) is 6.21 Å². The highest BCUT2D eigenvalue weighted by atomic mass is 19.4. The van der Waals surface area contributed by atoms with Crippen LogP contribution in [0.4, 0.5) is 17.6 Å². The third kappa shape index (κ3) is 3.15. The Hall–Kier alpha value is -0.870. The van der Waals surface area contributed by atoms with Gasteiger partial charge < -0.3 is 0 Å². The summed E-state index contributed by atoms with van der Waals surface area (Å²) in [5.41, 5.74) is -1.31. The number of hydrogen-bond acceptors (Lipinski definition) is 1. The van der Waals surface area contributed by atoms with E-state index < -0.39 is 17.7 Å². The number of nitrogens with zero attached hydrogens (tertiary/aromatic N) is 1. The van der Waals surface area contributed by atoms with Crippen molar-refractivity contribution in [3.8, 4) is 0 Å². The lowest BCUT2D eigenvalue weighted by Crippen LogP contribution is -2.10. The van der Waals surface area contributed by atoms with Gasteiger partial charge >= 0.3 is 6.18 Å². The number of aliphatic imine (C=N–C) groups is 1. The Kier molecular flexibility index (Phi) is 3.22. The molecule has 0 aliphatic heterocycles. The molecule has 0 radical (unpaired) electrons. The van der Waals surface area contributed by atoms with Crippen molar-refractivity contribution in [1.29, 1.82) is 0 Å². The second kappa shape index (κ2) is 3.50. The molecule has 0 aromatic heterocycles. The number of allylic oxidation sites excluding steroid dienone is 1. The summed E-state index contributed by atoms with van der Waals surface area (Å²) >= 11 is 0. The molecule has 0 N–H and O–H groups in total. The molecule has 0 saturated carbocycles. The molecule has 0 heterocycles. The summed E-state index contributed by atoms with van der Waals surface area (Å²) in [4.78, 5) is 2.86. The molecule has 11 heavy (non-hydrogen) atoms. The van der Waals surface area contributed by atoms with Gasteiger partial charge in [-0.3, -0.25) is 0 Å². The lowest BCUT2D eigenvalue weighted by Gasteiger charge is -2.04. The van der Waals surface area contributed by atoms with Gasteiger partial charge in [0.15, 0.2) is 0 Å². The molecule has 0 bridgehead atoms. The molecule has 0 aromatic carbocycles. The Morgan fingerprint density at radius 3 is 2.09 bits per heavy atom. The van der Waals surface area contributed by atoms with E-state index in [1.54, 1.807) is 0 Å². The first kappa shape index (κ1) is 10.1. The number of alkyl halides is 3. The van der Waals surface area contributed by atoms with Crippen molar-refractivity contribution in [2.45, 2.75) is 20.0 Å². The van der Waals surface area contributed by atoms with Crippen LogP contribution in [-0.4, -0.2) is 12.4 Å². The molecule has 0 atom stereocenters. The van der Waals surface area contributed by atoms with Gasteiger partial charge in [0.05, 0.1) is 5.57 Å².